The van der Waals surface area contributed by atoms with Gasteiger partial charge in [0.05, 0.1) is 70.2 Å². The predicted molar refractivity (Wildman–Crippen MR) is 131 cm³/mol. The van der Waals surface area contributed by atoms with Crippen LogP contribution >= 0.6 is 0 Å². The minimum atomic E-state index is -0.998. The van der Waals surface area contributed by atoms with E-state index in [9.17, 15) is 19.2 Å². The number of hydrogen-bond donors (Lipinski definition) is 2. The molecule has 1 fully saturated rings. The first kappa shape index (κ1) is 28.3. The van der Waals surface area contributed by atoms with Gasteiger partial charge in [0, 0.05) is 18.7 Å². The maximum Gasteiger partial charge on any atom is 0.264 e. The van der Waals surface area contributed by atoms with Gasteiger partial charge in [-0.1, -0.05) is 12.6 Å². The summed E-state index contributed by atoms with van der Waals surface area (Å²) in [6.07, 6.45) is 1.56. The number of ether oxygens (including phenoxy) is 5. The lowest BCUT2D eigenvalue weighted by Crippen LogP contribution is -2.54. The van der Waals surface area contributed by atoms with E-state index in [1.807, 2.05) is 0 Å². The first-order chi connectivity index (χ1) is 18.0. The summed E-state index contributed by atoms with van der Waals surface area (Å²) in [5.74, 6) is -2.14. The van der Waals surface area contributed by atoms with Crippen molar-refractivity contribution >= 4 is 29.3 Å². The number of imide groups is 2. The fourth-order valence-electron chi connectivity index (χ4n) is 3.87. The van der Waals surface area contributed by atoms with Crippen molar-refractivity contribution in [2.24, 2.45) is 0 Å². The molecule has 0 radical (unpaired) electrons. The van der Waals surface area contributed by atoms with Crippen molar-refractivity contribution in [3.63, 3.8) is 0 Å². The Balaban J connectivity index is 1.29. The van der Waals surface area contributed by atoms with Gasteiger partial charge in [0.1, 0.15) is 12.6 Å². The van der Waals surface area contributed by atoms with Crippen LogP contribution < -0.4 is 10.6 Å². The fourth-order valence-corrected chi connectivity index (χ4v) is 3.87. The lowest BCUT2D eigenvalue weighted by molar-refractivity contribution is -0.136. The van der Waals surface area contributed by atoms with E-state index >= 15 is 0 Å². The summed E-state index contributed by atoms with van der Waals surface area (Å²) >= 11 is 0. The highest BCUT2D eigenvalue weighted by molar-refractivity contribution is 6.25. The molecule has 0 aliphatic carbocycles. The maximum absolute atomic E-state index is 13.1. The Morgan fingerprint density at radius 3 is 2.14 bits per heavy atom. The van der Waals surface area contributed by atoms with E-state index in [4.69, 9.17) is 23.7 Å². The molecule has 4 amide bonds. The molecule has 37 heavy (non-hydrogen) atoms. The molecule has 2 aliphatic heterocycles. The molecule has 1 atom stereocenters. The number of amides is 4. The van der Waals surface area contributed by atoms with Gasteiger partial charge in [-0.05, 0) is 18.6 Å². The quantitative estimate of drug-likeness (QED) is 0.162. The number of carbonyl (C=O) groups is 4. The van der Waals surface area contributed by atoms with Gasteiger partial charge in [0.25, 0.3) is 11.8 Å². The molecule has 2 heterocycles. The minimum absolute atomic E-state index is 0.0743. The van der Waals surface area contributed by atoms with Crippen LogP contribution in [0.5, 0.6) is 0 Å². The van der Waals surface area contributed by atoms with E-state index in [2.05, 4.69) is 17.2 Å². The molecule has 1 unspecified atom stereocenters. The molecule has 2 N–H and O–H groups in total. The van der Waals surface area contributed by atoms with E-state index in [1.54, 1.807) is 18.2 Å². The Bertz CT molecular complexity index is 969. The Morgan fingerprint density at radius 1 is 0.892 bits per heavy atom. The molecular formula is C25H33N3O9. The number of nitrogens with one attached hydrogen (secondary N) is 2. The third-order valence-electron chi connectivity index (χ3n) is 5.61. The van der Waals surface area contributed by atoms with Gasteiger partial charge in [0.15, 0.2) is 0 Å². The largest absolute Gasteiger partial charge is 0.499 e. The SMILES string of the molecule is C=COCCOCCOCCOCCOCCNc1cccc2c1C(=O)N(C1CCC(=O)NC1=O)C2=O. The topological polar surface area (TPSA) is 142 Å². The molecule has 0 saturated carbocycles. The third-order valence-corrected chi connectivity index (χ3v) is 5.61. The minimum Gasteiger partial charge on any atom is -0.499 e. The molecule has 1 aromatic rings. The zero-order chi connectivity index (χ0) is 26.5. The second-order valence-electron chi connectivity index (χ2n) is 8.09. The molecule has 0 bridgehead atoms. The lowest BCUT2D eigenvalue weighted by atomic mass is 10.0. The van der Waals surface area contributed by atoms with Gasteiger partial charge in [-0.25, -0.2) is 0 Å². The Kier molecular flexibility index (Phi) is 11.5. The van der Waals surface area contributed by atoms with E-state index < -0.39 is 29.7 Å². The molecule has 1 aromatic carbocycles. The molecule has 2 aliphatic rings. The summed E-state index contributed by atoms with van der Waals surface area (Å²) in [6.45, 7) is 7.81. The molecule has 1 saturated heterocycles. The Morgan fingerprint density at radius 2 is 1.51 bits per heavy atom. The molecule has 12 heteroatoms. The van der Waals surface area contributed by atoms with Crippen LogP contribution in [0.2, 0.25) is 0 Å². The number of piperidine rings is 1. The second-order valence-corrected chi connectivity index (χ2v) is 8.09. The van der Waals surface area contributed by atoms with Crippen LogP contribution in [-0.2, 0) is 33.3 Å². The van der Waals surface area contributed by atoms with Crippen molar-refractivity contribution in [1.82, 2.24) is 10.2 Å². The fraction of sp³-hybridized carbons (Fsp3) is 0.520. The normalized spacial score (nSPS) is 17.1. The van der Waals surface area contributed by atoms with Crippen LogP contribution in [-0.4, -0.2) is 101 Å². The number of anilines is 1. The van der Waals surface area contributed by atoms with Gasteiger partial charge in [-0.3, -0.25) is 29.4 Å². The van der Waals surface area contributed by atoms with E-state index in [1.165, 1.54) is 6.26 Å². The predicted octanol–water partition coefficient (Wildman–Crippen LogP) is 0.726. The van der Waals surface area contributed by atoms with Crippen molar-refractivity contribution in [2.75, 3.05) is 71.3 Å². The van der Waals surface area contributed by atoms with Crippen LogP contribution in [0.15, 0.2) is 31.0 Å². The number of rotatable bonds is 18. The van der Waals surface area contributed by atoms with Crippen molar-refractivity contribution in [3.05, 3.63) is 42.2 Å². The first-order valence-electron chi connectivity index (χ1n) is 12.2. The van der Waals surface area contributed by atoms with E-state index in [0.29, 0.717) is 71.7 Å². The van der Waals surface area contributed by atoms with Gasteiger partial charge in [-0.15, -0.1) is 0 Å². The van der Waals surface area contributed by atoms with Crippen LogP contribution in [0.3, 0.4) is 0 Å². The molecule has 0 aromatic heterocycles. The van der Waals surface area contributed by atoms with Gasteiger partial charge in [0.2, 0.25) is 11.8 Å². The molecular weight excluding hydrogens is 486 g/mol. The van der Waals surface area contributed by atoms with Crippen LogP contribution in [0.1, 0.15) is 33.6 Å². The van der Waals surface area contributed by atoms with Crippen molar-refractivity contribution < 1.29 is 42.9 Å². The van der Waals surface area contributed by atoms with Gasteiger partial charge in [-0.2, -0.15) is 0 Å². The standard InChI is InChI=1S/C25H33N3O9/c1-2-33-10-11-35-14-15-37-17-16-36-13-12-34-9-8-26-19-5-3-4-18-22(19)25(32)28(24(18)31)20-6-7-21(29)27-23(20)30/h2-5,20,26H,1,6-17H2,(H,27,29,30). The molecule has 3 rings (SSSR count). The second kappa shape index (κ2) is 15.1. The zero-order valence-corrected chi connectivity index (χ0v) is 20.7. The summed E-state index contributed by atoms with van der Waals surface area (Å²) in [6, 6.07) is 3.92. The summed E-state index contributed by atoms with van der Waals surface area (Å²) < 4.78 is 26.6. The third kappa shape index (κ3) is 8.09. The Labute approximate surface area is 215 Å². The number of nitrogens with zero attached hydrogens (tertiary/aromatic N) is 1. The maximum atomic E-state index is 13.1. The molecule has 0 spiro atoms. The summed E-state index contributed by atoms with van der Waals surface area (Å²) in [5, 5.41) is 5.31. The molecule has 202 valence electrons. The van der Waals surface area contributed by atoms with Crippen molar-refractivity contribution in [3.8, 4) is 0 Å². The smallest absolute Gasteiger partial charge is 0.264 e. The highest BCUT2D eigenvalue weighted by atomic mass is 16.6. The van der Waals surface area contributed by atoms with Crippen molar-refractivity contribution in [1.29, 1.82) is 0 Å². The number of hydrogen-bond acceptors (Lipinski definition) is 10. The average molecular weight is 520 g/mol. The summed E-state index contributed by atoms with van der Waals surface area (Å²) in [4.78, 5) is 50.5. The summed E-state index contributed by atoms with van der Waals surface area (Å²) in [7, 11) is 0. The number of carbonyl (C=O) groups excluding carboxylic acids is 4. The van der Waals surface area contributed by atoms with E-state index in [0.717, 1.165) is 4.90 Å². The van der Waals surface area contributed by atoms with Crippen molar-refractivity contribution in [2.45, 2.75) is 18.9 Å². The van der Waals surface area contributed by atoms with E-state index in [-0.39, 0.29) is 24.0 Å². The zero-order valence-electron chi connectivity index (χ0n) is 20.7. The summed E-state index contributed by atoms with van der Waals surface area (Å²) in [5.41, 5.74) is 0.931. The highest BCUT2D eigenvalue weighted by Gasteiger charge is 2.45. The lowest BCUT2D eigenvalue weighted by Gasteiger charge is -2.27. The van der Waals surface area contributed by atoms with Crippen LogP contribution in [0.4, 0.5) is 5.69 Å². The van der Waals surface area contributed by atoms with Gasteiger partial charge < -0.3 is 29.0 Å². The van der Waals surface area contributed by atoms with Gasteiger partial charge >= 0.3 is 0 Å². The molecule has 12 nitrogen and oxygen atoms in total. The average Bonchev–Trinajstić information content (AvgIpc) is 3.14. The number of fused-ring (bicyclic) bond motifs is 1. The van der Waals surface area contributed by atoms with Crippen LogP contribution in [0.25, 0.3) is 0 Å². The Hall–Kier alpha value is -3.32. The highest BCUT2D eigenvalue weighted by Crippen LogP contribution is 2.32. The van der Waals surface area contributed by atoms with Crippen LogP contribution in [0, 0.1) is 0 Å². The monoisotopic (exact) mass is 519 g/mol. The number of benzene rings is 1. The first-order valence-corrected chi connectivity index (χ1v) is 12.2.